The molecule has 0 aromatic heterocycles. The average Bonchev–Trinajstić information content (AvgIpc) is 3.37. The number of likely N-dealkylation sites (tertiary alicyclic amines) is 1. The maximum Gasteiger partial charge on any atom is 0.444 e. The van der Waals surface area contributed by atoms with Crippen molar-refractivity contribution in [3.63, 3.8) is 0 Å². The Morgan fingerprint density at radius 2 is 1.73 bits per heavy atom. The lowest BCUT2D eigenvalue weighted by Crippen LogP contribution is -2.56. The summed E-state index contributed by atoms with van der Waals surface area (Å²) >= 11 is 0. The van der Waals surface area contributed by atoms with Crippen LogP contribution in [0.4, 0.5) is 9.59 Å². The highest BCUT2D eigenvalue weighted by Gasteiger charge is 2.41. The van der Waals surface area contributed by atoms with Crippen LogP contribution in [0, 0.1) is 0 Å². The third kappa shape index (κ3) is 7.08. The fraction of sp³-hybridized carbons (Fsp3) is 0.680. The van der Waals surface area contributed by atoms with E-state index in [9.17, 15) is 9.59 Å². The van der Waals surface area contributed by atoms with Crippen molar-refractivity contribution in [3.05, 3.63) is 35.9 Å². The van der Waals surface area contributed by atoms with E-state index in [0.29, 0.717) is 13.0 Å². The van der Waals surface area contributed by atoms with E-state index < -0.39 is 23.3 Å². The SMILES string of the molecule is CC(C)(C)OC(=O)N(OC(=O)N(C1CCN(Cc2ccccc2)C1)C(C)(C)C)C1CCNC1. The lowest BCUT2D eigenvalue weighted by Gasteiger charge is -2.40. The second-order valence-electron chi connectivity index (χ2n) is 11.0. The number of hydrogen-bond donors (Lipinski definition) is 1. The first-order chi connectivity index (χ1) is 15.4. The van der Waals surface area contributed by atoms with E-state index in [1.807, 2.05) is 39.0 Å². The molecule has 0 aliphatic carbocycles. The van der Waals surface area contributed by atoms with Gasteiger partial charge in [-0.1, -0.05) is 30.3 Å². The standard InChI is InChI=1S/C25H40N4O4/c1-24(2,3)28(21-13-15-27(18-21)17-19-10-8-7-9-11-19)22(30)33-29(20-12-14-26-16-20)23(31)32-25(4,5)6/h7-11,20-21,26H,12-18H2,1-6H3. The molecule has 184 valence electrons. The Labute approximate surface area is 198 Å². The van der Waals surface area contributed by atoms with Gasteiger partial charge in [0.1, 0.15) is 5.60 Å². The minimum atomic E-state index is -0.680. The molecule has 0 bridgehead atoms. The van der Waals surface area contributed by atoms with Gasteiger partial charge < -0.3 is 14.9 Å². The minimum Gasteiger partial charge on any atom is -0.442 e. The molecule has 1 aromatic rings. The molecule has 2 unspecified atom stereocenters. The Morgan fingerprint density at radius 3 is 2.30 bits per heavy atom. The van der Waals surface area contributed by atoms with E-state index in [0.717, 1.165) is 37.7 Å². The van der Waals surface area contributed by atoms with Gasteiger partial charge in [0, 0.05) is 37.8 Å². The zero-order valence-electron chi connectivity index (χ0n) is 21.0. The summed E-state index contributed by atoms with van der Waals surface area (Å²) in [6.07, 6.45) is 0.426. The Kier molecular flexibility index (Phi) is 7.90. The number of carbonyl (C=O) groups is 2. The minimum absolute atomic E-state index is 0.00315. The van der Waals surface area contributed by atoms with Crippen molar-refractivity contribution >= 4 is 12.2 Å². The number of ether oxygens (including phenoxy) is 1. The van der Waals surface area contributed by atoms with Crippen LogP contribution in [-0.2, 0) is 16.1 Å². The molecule has 2 aliphatic heterocycles. The first-order valence-electron chi connectivity index (χ1n) is 11.9. The zero-order valence-corrected chi connectivity index (χ0v) is 21.0. The molecule has 3 rings (SSSR count). The molecule has 2 aliphatic rings. The van der Waals surface area contributed by atoms with E-state index in [2.05, 4.69) is 22.3 Å². The topological polar surface area (TPSA) is 74.3 Å². The fourth-order valence-corrected chi connectivity index (χ4v) is 4.51. The number of rotatable bonds is 4. The monoisotopic (exact) mass is 460 g/mol. The summed E-state index contributed by atoms with van der Waals surface area (Å²) in [5, 5.41) is 4.37. The van der Waals surface area contributed by atoms with Crippen molar-refractivity contribution in [2.45, 2.75) is 84.2 Å². The van der Waals surface area contributed by atoms with Gasteiger partial charge in [0.25, 0.3) is 0 Å². The third-order valence-corrected chi connectivity index (χ3v) is 5.90. The Hall–Kier alpha value is -2.32. The smallest absolute Gasteiger partial charge is 0.442 e. The summed E-state index contributed by atoms with van der Waals surface area (Å²) in [4.78, 5) is 36.3. The number of nitrogens with zero attached hydrogens (tertiary/aromatic N) is 3. The first kappa shape index (κ1) is 25.3. The van der Waals surface area contributed by atoms with Gasteiger partial charge in [-0.3, -0.25) is 9.80 Å². The summed E-state index contributed by atoms with van der Waals surface area (Å²) in [6, 6.07) is 10.1. The van der Waals surface area contributed by atoms with Crippen LogP contribution in [-0.4, -0.2) is 76.5 Å². The van der Waals surface area contributed by atoms with Gasteiger partial charge in [-0.2, -0.15) is 0 Å². The molecule has 2 fully saturated rings. The summed E-state index contributed by atoms with van der Waals surface area (Å²) in [6.45, 7) is 15.3. The molecule has 2 atom stereocenters. The molecule has 33 heavy (non-hydrogen) atoms. The van der Waals surface area contributed by atoms with Crippen LogP contribution in [0.15, 0.2) is 30.3 Å². The lowest BCUT2D eigenvalue weighted by molar-refractivity contribution is -0.136. The van der Waals surface area contributed by atoms with E-state index in [1.165, 1.54) is 5.56 Å². The van der Waals surface area contributed by atoms with Crippen LogP contribution in [0.3, 0.4) is 0 Å². The van der Waals surface area contributed by atoms with Gasteiger partial charge >= 0.3 is 12.2 Å². The van der Waals surface area contributed by atoms with Crippen LogP contribution in [0.25, 0.3) is 0 Å². The van der Waals surface area contributed by atoms with E-state index >= 15 is 0 Å². The molecule has 1 N–H and O–H groups in total. The molecule has 0 spiro atoms. The number of benzene rings is 1. The van der Waals surface area contributed by atoms with Crippen molar-refractivity contribution in [1.29, 1.82) is 0 Å². The second kappa shape index (κ2) is 10.3. The maximum atomic E-state index is 13.5. The Balaban J connectivity index is 1.72. The summed E-state index contributed by atoms with van der Waals surface area (Å²) in [7, 11) is 0. The lowest BCUT2D eigenvalue weighted by atomic mass is 10.0. The molecule has 8 heteroatoms. The molecule has 1 aromatic carbocycles. The van der Waals surface area contributed by atoms with E-state index in [1.54, 1.807) is 25.7 Å². The average molecular weight is 461 g/mol. The largest absolute Gasteiger partial charge is 0.444 e. The first-order valence-corrected chi connectivity index (χ1v) is 11.9. The number of carbonyl (C=O) groups excluding carboxylic acids is 2. The molecule has 2 heterocycles. The predicted octanol–water partition coefficient (Wildman–Crippen LogP) is 4.01. The van der Waals surface area contributed by atoms with Crippen molar-refractivity contribution in [2.75, 3.05) is 26.2 Å². The van der Waals surface area contributed by atoms with Crippen LogP contribution in [0.5, 0.6) is 0 Å². The van der Waals surface area contributed by atoms with Gasteiger partial charge in [0.2, 0.25) is 0 Å². The van der Waals surface area contributed by atoms with Crippen molar-refractivity contribution < 1.29 is 19.2 Å². The van der Waals surface area contributed by atoms with Crippen LogP contribution in [0.1, 0.15) is 59.9 Å². The predicted molar refractivity (Wildman–Crippen MR) is 128 cm³/mol. The number of nitrogens with one attached hydrogen (secondary N) is 1. The molecular formula is C25H40N4O4. The van der Waals surface area contributed by atoms with Gasteiger partial charge in [0.15, 0.2) is 0 Å². The van der Waals surface area contributed by atoms with Crippen LogP contribution < -0.4 is 5.32 Å². The summed E-state index contributed by atoms with van der Waals surface area (Å²) in [5.41, 5.74) is 0.117. The summed E-state index contributed by atoms with van der Waals surface area (Å²) in [5.74, 6) is 0. The van der Waals surface area contributed by atoms with Crippen LogP contribution in [0.2, 0.25) is 0 Å². The van der Waals surface area contributed by atoms with Crippen LogP contribution >= 0.6 is 0 Å². The van der Waals surface area contributed by atoms with Crippen molar-refractivity contribution in [2.24, 2.45) is 0 Å². The quantitative estimate of drug-likeness (QED) is 0.685. The maximum absolute atomic E-state index is 13.5. The van der Waals surface area contributed by atoms with Crippen molar-refractivity contribution in [3.8, 4) is 0 Å². The third-order valence-electron chi connectivity index (χ3n) is 5.90. The molecule has 8 nitrogen and oxygen atoms in total. The molecule has 0 saturated carbocycles. The molecule has 0 radical (unpaired) electrons. The molecule has 2 amide bonds. The molecular weight excluding hydrogens is 420 g/mol. The van der Waals surface area contributed by atoms with Gasteiger partial charge in [-0.25, -0.2) is 9.59 Å². The number of hydroxylamine groups is 2. The van der Waals surface area contributed by atoms with E-state index in [4.69, 9.17) is 9.57 Å². The molecule has 2 saturated heterocycles. The highest BCUT2D eigenvalue weighted by Crippen LogP contribution is 2.27. The highest BCUT2D eigenvalue weighted by atomic mass is 16.8. The highest BCUT2D eigenvalue weighted by molar-refractivity contribution is 5.73. The second-order valence-corrected chi connectivity index (χ2v) is 11.0. The van der Waals surface area contributed by atoms with Gasteiger partial charge in [-0.05, 0) is 66.5 Å². The van der Waals surface area contributed by atoms with Crippen molar-refractivity contribution in [1.82, 2.24) is 20.2 Å². The zero-order chi connectivity index (χ0) is 24.2. The summed E-state index contributed by atoms with van der Waals surface area (Å²) < 4.78 is 5.54. The Bertz CT molecular complexity index is 797. The van der Waals surface area contributed by atoms with Gasteiger partial charge in [-0.15, -0.1) is 5.06 Å². The Morgan fingerprint density at radius 1 is 1.03 bits per heavy atom. The number of hydrogen-bond acceptors (Lipinski definition) is 6. The number of amides is 2. The van der Waals surface area contributed by atoms with Gasteiger partial charge in [0.05, 0.1) is 6.04 Å². The van der Waals surface area contributed by atoms with E-state index in [-0.39, 0.29) is 12.1 Å². The normalized spacial score (nSPS) is 21.6. The fourth-order valence-electron chi connectivity index (χ4n) is 4.51.